The van der Waals surface area contributed by atoms with Crippen molar-refractivity contribution in [1.29, 1.82) is 0 Å². The largest absolute Gasteiger partial charge is 0.385 e. The first-order valence-electron chi connectivity index (χ1n) is 6.52. The highest BCUT2D eigenvalue weighted by Gasteiger charge is 2.39. The van der Waals surface area contributed by atoms with E-state index in [1.165, 1.54) is 0 Å². The fraction of sp³-hybridized carbons (Fsp3) is 0.571. The lowest BCUT2D eigenvalue weighted by molar-refractivity contribution is -0.122. The molecular weight excluding hydrogens is 244 g/mol. The molecule has 0 spiro atoms. The lowest BCUT2D eigenvalue weighted by Gasteiger charge is -2.26. The van der Waals surface area contributed by atoms with E-state index in [1.807, 2.05) is 26.0 Å². The molecule has 1 fully saturated rings. The second-order valence-corrected chi connectivity index (χ2v) is 5.09. The van der Waals surface area contributed by atoms with Crippen LogP contribution in [0.15, 0.2) is 18.3 Å². The Morgan fingerprint density at radius 3 is 3.11 bits per heavy atom. The van der Waals surface area contributed by atoms with Crippen LogP contribution in [0, 0.1) is 6.92 Å². The van der Waals surface area contributed by atoms with Crippen LogP contribution >= 0.6 is 0 Å². The van der Waals surface area contributed by atoms with E-state index in [0.717, 1.165) is 11.3 Å². The molecule has 0 aliphatic carbocycles. The SMILES string of the molecule is Cc1cccnc1CC(=O)NCC1(O)CCOC1C. The van der Waals surface area contributed by atoms with Gasteiger partial charge in [-0.3, -0.25) is 9.78 Å². The molecule has 1 amide bonds. The molecule has 2 unspecified atom stereocenters. The van der Waals surface area contributed by atoms with E-state index in [1.54, 1.807) is 6.20 Å². The minimum atomic E-state index is -0.950. The maximum Gasteiger partial charge on any atom is 0.226 e. The molecule has 19 heavy (non-hydrogen) atoms. The predicted molar refractivity (Wildman–Crippen MR) is 70.7 cm³/mol. The number of nitrogens with zero attached hydrogens (tertiary/aromatic N) is 1. The summed E-state index contributed by atoms with van der Waals surface area (Å²) < 4.78 is 5.32. The molecule has 1 saturated heterocycles. The number of aryl methyl sites for hydroxylation is 1. The van der Waals surface area contributed by atoms with Gasteiger partial charge in [0.15, 0.2) is 0 Å². The van der Waals surface area contributed by atoms with Gasteiger partial charge in [-0.25, -0.2) is 0 Å². The summed E-state index contributed by atoms with van der Waals surface area (Å²) in [6.07, 6.45) is 2.22. The summed E-state index contributed by atoms with van der Waals surface area (Å²) in [5, 5.41) is 13.0. The summed E-state index contributed by atoms with van der Waals surface area (Å²) in [5.74, 6) is -0.130. The first-order valence-corrected chi connectivity index (χ1v) is 6.52. The lowest BCUT2D eigenvalue weighted by atomic mass is 9.96. The summed E-state index contributed by atoms with van der Waals surface area (Å²) in [6, 6.07) is 3.77. The molecule has 1 aliphatic rings. The number of aliphatic hydroxyl groups is 1. The zero-order chi connectivity index (χ0) is 13.9. The van der Waals surface area contributed by atoms with E-state index in [4.69, 9.17) is 4.74 Å². The van der Waals surface area contributed by atoms with Gasteiger partial charge in [0.2, 0.25) is 5.91 Å². The summed E-state index contributed by atoms with van der Waals surface area (Å²) in [4.78, 5) is 16.0. The Kier molecular flexibility index (Phi) is 4.17. The van der Waals surface area contributed by atoms with Crippen molar-refractivity contribution in [2.24, 2.45) is 0 Å². The number of ether oxygens (including phenoxy) is 1. The minimum Gasteiger partial charge on any atom is -0.385 e. The smallest absolute Gasteiger partial charge is 0.226 e. The molecule has 1 aromatic heterocycles. The van der Waals surface area contributed by atoms with Crippen LogP contribution in [-0.2, 0) is 16.0 Å². The highest BCUT2D eigenvalue weighted by atomic mass is 16.5. The average Bonchev–Trinajstić information content (AvgIpc) is 2.71. The molecule has 0 radical (unpaired) electrons. The molecule has 2 N–H and O–H groups in total. The Labute approximate surface area is 113 Å². The van der Waals surface area contributed by atoms with Gasteiger partial charge in [0, 0.05) is 25.8 Å². The van der Waals surface area contributed by atoms with Crippen LogP contribution in [0.1, 0.15) is 24.6 Å². The molecule has 0 aromatic carbocycles. The number of carbonyl (C=O) groups excluding carboxylic acids is 1. The molecule has 0 saturated carbocycles. The Bertz CT molecular complexity index is 464. The Hall–Kier alpha value is -1.46. The summed E-state index contributed by atoms with van der Waals surface area (Å²) in [6.45, 7) is 4.50. The molecular formula is C14H20N2O3. The van der Waals surface area contributed by atoms with Crippen LogP contribution in [0.25, 0.3) is 0 Å². The maximum atomic E-state index is 11.9. The van der Waals surface area contributed by atoms with Crippen molar-refractivity contribution < 1.29 is 14.6 Å². The predicted octanol–water partition coefficient (Wildman–Crippen LogP) is 0.589. The van der Waals surface area contributed by atoms with Gasteiger partial charge in [-0.2, -0.15) is 0 Å². The normalized spacial score (nSPS) is 26.4. The van der Waals surface area contributed by atoms with Crippen molar-refractivity contribution in [2.75, 3.05) is 13.2 Å². The summed E-state index contributed by atoms with van der Waals surface area (Å²) >= 11 is 0. The minimum absolute atomic E-state index is 0.130. The molecule has 2 heterocycles. The van der Waals surface area contributed by atoms with Crippen molar-refractivity contribution in [3.05, 3.63) is 29.6 Å². The van der Waals surface area contributed by atoms with Crippen molar-refractivity contribution in [3.8, 4) is 0 Å². The van der Waals surface area contributed by atoms with Crippen molar-refractivity contribution in [3.63, 3.8) is 0 Å². The second-order valence-electron chi connectivity index (χ2n) is 5.09. The van der Waals surface area contributed by atoms with Gasteiger partial charge in [0.25, 0.3) is 0 Å². The van der Waals surface area contributed by atoms with E-state index in [2.05, 4.69) is 10.3 Å². The van der Waals surface area contributed by atoms with Gasteiger partial charge in [0.05, 0.1) is 18.2 Å². The second kappa shape index (κ2) is 5.67. The molecule has 1 aliphatic heterocycles. The number of amides is 1. The summed E-state index contributed by atoms with van der Waals surface area (Å²) in [7, 11) is 0. The van der Waals surface area contributed by atoms with E-state index >= 15 is 0 Å². The molecule has 5 nitrogen and oxygen atoms in total. The van der Waals surface area contributed by atoms with Crippen LogP contribution in [0.3, 0.4) is 0 Å². The number of hydrogen-bond donors (Lipinski definition) is 2. The first kappa shape index (κ1) is 14.0. The molecule has 2 atom stereocenters. The Morgan fingerprint density at radius 1 is 1.68 bits per heavy atom. The van der Waals surface area contributed by atoms with Gasteiger partial charge in [-0.05, 0) is 25.5 Å². The van der Waals surface area contributed by atoms with Crippen LogP contribution in [0.4, 0.5) is 0 Å². The van der Waals surface area contributed by atoms with Crippen LogP contribution in [0.5, 0.6) is 0 Å². The molecule has 2 rings (SSSR count). The summed E-state index contributed by atoms with van der Waals surface area (Å²) in [5.41, 5.74) is 0.811. The fourth-order valence-electron chi connectivity index (χ4n) is 2.17. The van der Waals surface area contributed by atoms with Crippen LogP contribution in [0.2, 0.25) is 0 Å². The number of carbonyl (C=O) groups is 1. The third kappa shape index (κ3) is 3.30. The third-order valence-electron chi connectivity index (χ3n) is 3.70. The maximum absolute atomic E-state index is 11.9. The lowest BCUT2D eigenvalue weighted by Crippen LogP contribution is -2.47. The Balaban J connectivity index is 1.87. The van der Waals surface area contributed by atoms with Crippen LogP contribution in [-0.4, -0.2) is 40.9 Å². The van der Waals surface area contributed by atoms with Crippen molar-refractivity contribution in [2.45, 2.75) is 38.4 Å². The van der Waals surface area contributed by atoms with Gasteiger partial charge >= 0.3 is 0 Å². The van der Waals surface area contributed by atoms with Gasteiger partial charge < -0.3 is 15.2 Å². The molecule has 104 valence electrons. The number of nitrogens with one attached hydrogen (secondary N) is 1. The van der Waals surface area contributed by atoms with Gasteiger partial charge in [-0.15, -0.1) is 0 Å². The van der Waals surface area contributed by atoms with E-state index in [9.17, 15) is 9.90 Å². The van der Waals surface area contributed by atoms with E-state index in [0.29, 0.717) is 13.0 Å². The van der Waals surface area contributed by atoms with Crippen molar-refractivity contribution >= 4 is 5.91 Å². The molecule has 1 aromatic rings. The number of hydrogen-bond acceptors (Lipinski definition) is 4. The van der Waals surface area contributed by atoms with Gasteiger partial charge in [-0.1, -0.05) is 6.07 Å². The van der Waals surface area contributed by atoms with Crippen LogP contribution < -0.4 is 5.32 Å². The zero-order valence-electron chi connectivity index (χ0n) is 11.3. The molecule has 5 heteroatoms. The standard InChI is InChI=1S/C14H20N2O3/c1-10-4-3-6-15-12(10)8-13(17)16-9-14(18)5-7-19-11(14)2/h3-4,6,11,18H,5,7-9H2,1-2H3,(H,16,17). The fourth-order valence-corrected chi connectivity index (χ4v) is 2.17. The number of pyridine rings is 1. The highest BCUT2D eigenvalue weighted by Crippen LogP contribution is 2.24. The van der Waals surface area contributed by atoms with Gasteiger partial charge in [0.1, 0.15) is 5.60 Å². The van der Waals surface area contributed by atoms with Crippen molar-refractivity contribution in [1.82, 2.24) is 10.3 Å². The topological polar surface area (TPSA) is 71.5 Å². The number of rotatable bonds is 4. The Morgan fingerprint density at radius 2 is 2.47 bits per heavy atom. The first-order chi connectivity index (χ1) is 9.01. The third-order valence-corrected chi connectivity index (χ3v) is 3.70. The number of aromatic nitrogens is 1. The zero-order valence-corrected chi connectivity index (χ0v) is 11.3. The molecule has 0 bridgehead atoms. The van der Waals surface area contributed by atoms with E-state index < -0.39 is 5.60 Å². The monoisotopic (exact) mass is 264 g/mol. The van der Waals surface area contributed by atoms with E-state index in [-0.39, 0.29) is 25.0 Å². The average molecular weight is 264 g/mol. The quantitative estimate of drug-likeness (QED) is 0.835. The highest BCUT2D eigenvalue weighted by molar-refractivity contribution is 5.78.